The molecule has 4 nitrogen and oxygen atoms in total. The third-order valence-corrected chi connectivity index (χ3v) is 5.83. The Morgan fingerprint density at radius 2 is 1.30 bits per heavy atom. The van der Waals surface area contributed by atoms with Crippen LogP contribution in [0.15, 0.2) is 108 Å². The van der Waals surface area contributed by atoms with Gasteiger partial charge in [-0.25, -0.2) is 0 Å². The minimum atomic E-state index is 0.566. The third-order valence-electron chi connectivity index (χ3n) is 5.83. The second-order valence-corrected chi connectivity index (χ2v) is 7.86. The summed E-state index contributed by atoms with van der Waals surface area (Å²) in [4.78, 5) is 8.89. The summed E-state index contributed by atoms with van der Waals surface area (Å²) in [7, 11) is 0. The predicted octanol–water partition coefficient (Wildman–Crippen LogP) is 7.25. The summed E-state index contributed by atoms with van der Waals surface area (Å²) >= 11 is 0. The van der Waals surface area contributed by atoms with Crippen LogP contribution in [-0.4, -0.2) is 9.97 Å². The number of hydrogen-bond acceptors (Lipinski definition) is 4. The topological polar surface area (TPSA) is 62.7 Å². The first kappa shape index (κ1) is 19.0. The quantitative estimate of drug-likeness (QED) is 0.301. The smallest absolute Gasteiger partial charge is 0.136 e. The summed E-state index contributed by atoms with van der Waals surface area (Å²) in [6, 6.07) is 32.4. The first-order valence-electron chi connectivity index (χ1n) is 10.6. The minimum absolute atomic E-state index is 0.566. The van der Waals surface area contributed by atoms with E-state index in [0.717, 1.165) is 44.3 Å². The number of hydrogen-bond donors (Lipinski definition) is 0. The molecule has 3 heterocycles. The predicted molar refractivity (Wildman–Crippen MR) is 130 cm³/mol. The van der Waals surface area contributed by atoms with E-state index in [1.165, 1.54) is 5.56 Å². The summed E-state index contributed by atoms with van der Waals surface area (Å²) in [6.07, 6.45) is 3.45. The van der Waals surface area contributed by atoms with Gasteiger partial charge >= 0.3 is 0 Å². The Morgan fingerprint density at radius 1 is 0.606 bits per heavy atom. The molecule has 6 aromatic rings. The van der Waals surface area contributed by atoms with Gasteiger partial charge in [0.25, 0.3) is 0 Å². The van der Waals surface area contributed by atoms with Crippen LogP contribution in [0.5, 0.6) is 0 Å². The van der Waals surface area contributed by atoms with Crippen molar-refractivity contribution in [3.63, 3.8) is 0 Å². The van der Waals surface area contributed by atoms with Gasteiger partial charge in [0.15, 0.2) is 0 Å². The van der Waals surface area contributed by atoms with Gasteiger partial charge in [-0.3, -0.25) is 9.97 Å². The first-order chi connectivity index (χ1) is 16.3. The van der Waals surface area contributed by atoms with Crippen LogP contribution in [0.4, 0.5) is 0 Å². The molecule has 0 unspecified atom stereocenters. The van der Waals surface area contributed by atoms with E-state index in [0.29, 0.717) is 11.3 Å². The van der Waals surface area contributed by atoms with Crippen molar-refractivity contribution in [2.45, 2.75) is 0 Å². The Kier molecular flexibility index (Phi) is 4.45. The molecule has 0 bridgehead atoms. The van der Waals surface area contributed by atoms with Crippen LogP contribution >= 0.6 is 0 Å². The molecule has 0 spiro atoms. The highest BCUT2D eigenvalue weighted by Gasteiger charge is 2.11. The van der Waals surface area contributed by atoms with Crippen LogP contribution in [0.25, 0.3) is 55.6 Å². The molecule has 4 heteroatoms. The molecule has 0 aliphatic heterocycles. The molecule has 0 radical (unpaired) electrons. The van der Waals surface area contributed by atoms with Crippen molar-refractivity contribution in [3.8, 4) is 39.7 Å². The van der Waals surface area contributed by atoms with Crippen LogP contribution in [0.3, 0.4) is 0 Å². The molecule has 6 rings (SSSR count). The van der Waals surface area contributed by atoms with Gasteiger partial charge in [0.2, 0.25) is 0 Å². The number of rotatable bonds is 3. The maximum absolute atomic E-state index is 9.11. The molecule has 0 atom stereocenters. The van der Waals surface area contributed by atoms with E-state index in [4.69, 9.17) is 9.68 Å². The maximum Gasteiger partial charge on any atom is 0.136 e. The number of furan rings is 1. The van der Waals surface area contributed by atoms with Crippen LogP contribution in [0, 0.1) is 11.3 Å². The van der Waals surface area contributed by atoms with E-state index in [-0.39, 0.29) is 0 Å². The second-order valence-electron chi connectivity index (χ2n) is 7.86. The zero-order valence-corrected chi connectivity index (χ0v) is 17.6. The van der Waals surface area contributed by atoms with E-state index in [2.05, 4.69) is 64.6 Å². The van der Waals surface area contributed by atoms with Crippen molar-refractivity contribution >= 4 is 21.9 Å². The summed E-state index contributed by atoms with van der Waals surface area (Å²) in [5, 5.41) is 11.3. The van der Waals surface area contributed by atoms with Gasteiger partial charge in [-0.1, -0.05) is 48.5 Å². The fourth-order valence-electron chi connectivity index (χ4n) is 4.12. The zero-order valence-electron chi connectivity index (χ0n) is 17.6. The van der Waals surface area contributed by atoms with Gasteiger partial charge in [0, 0.05) is 28.7 Å². The van der Waals surface area contributed by atoms with Crippen LogP contribution < -0.4 is 0 Å². The Bertz CT molecular complexity index is 1660. The number of aromatic nitrogens is 2. The summed E-state index contributed by atoms with van der Waals surface area (Å²) in [5.41, 5.74) is 8.02. The van der Waals surface area contributed by atoms with Gasteiger partial charge in [0.05, 0.1) is 23.0 Å². The van der Waals surface area contributed by atoms with Gasteiger partial charge in [-0.15, -0.1) is 0 Å². The highest BCUT2D eigenvalue weighted by molar-refractivity contribution is 6.06. The molecule has 33 heavy (non-hydrogen) atoms. The molecule has 0 aliphatic carbocycles. The van der Waals surface area contributed by atoms with Crippen molar-refractivity contribution in [2.75, 3.05) is 0 Å². The number of pyridine rings is 2. The molecular formula is C29H17N3O. The van der Waals surface area contributed by atoms with E-state index < -0.39 is 0 Å². The SMILES string of the molecule is N#Cc1ccnc(-c2ccc(-c3ccc4c(c3)oc3cc(-c5ccccc5)ccc34)cn2)c1. The number of nitriles is 1. The highest BCUT2D eigenvalue weighted by atomic mass is 16.3. The van der Waals surface area contributed by atoms with Crippen LogP contribution in [-0.2, 0) is 0 Å². The lowest BCUT2D eigenvalue weighted by atomic mass is 10.0. The lowest BCUT2D eigenvalue weighted by Gasteiger charge is -2.04. The molecule has 0 saturated heterocycles. The van der Waals surface area contributed by atoms with E-state index in [9.17, 15) is 0 Å². The van der Waals surface area contributed by atoms with Crippen LogP contribution in [0.2, 0.25) is 0 Å². The monoisotopic (exact) mass is 423 g/mol. The summed E-state index contributed by atoms with van der Waals surface area (Å²) < 4.78 is 6.23. The van der Waals surface area contributed by atoms with Gasteiger partial charge in [-0.05, 0) is 59.2 Å². The molecule has 0 saturated carbocycles. The van der Waals surface area contributed by atoms with E-state index >= 15 is 0 Å². The first-order valence-corrected chi connectivity index (χ1v) is 10.6. The fourth-order valence-corrected chi connectivity index (χ4v) is 4.12. The minimum Gasteiger partial charge on any atom is -0.456 e. The molecule has 0 aliphatic rings. The average molecular weight is 423 g/mol. The fraction of sp³-hybridized carbons (Fsp3) is 0. The van der Waals surface area contributed by atoms with Crippen molar-refractivity contribution in [1.29, 1.82) is 5.26 Å². The van der Waals surface area contributed by atoms with E-state index in [1.807, 2.05) is 36.5 Å². The lowest BCUT2D eigenvalue weighted by Crippen LogP contribution is -1.89. The van der Waals surface area contributed by atoms with Gasteiger partial charge in [-0.2, -0.15) is 5.26 Å². The molecule has 154 valence electrons. The number of fused-ring (bicyclic) bond motifs is 3. The van der Waals surface area contributed by atoms with E-state index in [1.54, 1.807) is 18.3 Å². The summed E-state index contributed by atoms with van der Waals surface area (Å²) in [6.45, 7) is 0. The normalized spacial score (nSPS) is 11.0. The van der Waals surface area contributed by atoms with Crippen molar-refractivity contribution < 1.29 is 4.42 Å². The van der Waals surface area contributed by atoms with Gasteiger partial charge < -0.3 is 4.42 Å². The molecule has 3 aromatic carbocycles. The Balaban J connectivity index is 1.37. The Hall–Kier alpha value is -4.75. The van der Waals surface area contributed by atoms with Crippen LogP contribution in [0.1, 0.15) is 5.56 Å². The van der Waals surface area contributed by atoms with Gasteiger partial charge in [0.1, 0.15) is 11.2 Å². The standard InChI is InChI=1S/C29H17N3O/c30-17-19-12-13-31-27(14-19)26-11-8-23(18-32-26)22-7-10-25-24-9-6-21(20-4-2-1-3-5-20)15-28(24)33-29(25)16-22/h1-16,18H. The number of nitrogens with zero attached hydrogens (tertiary/aromatic N) is 3. The largest absolute Gasteiger partial charge is 0.456 e. The van der Waals surface area contributed by atoms with Crippen molar-refractivity contribution in [2.24, 2.45) is 0 Å². The average Bonchev–Trinajstić information content (AvgIpc) is 3.26. The Labute approximate surface area is 190 Å². The lowest BCUT2D eigenvalue weighted by molar-refractivity contribution is 0.669. The zero-order chi connectivity index (χ0) is 22.2. The molecular weight excluding hydrogens is 406 g/mol. The number of benzene rings is 3. The molecule has 0 N–H and O–H groups in total. The molecule has 0 amide bonds. The maximum atomic E-state index is 9.11. The molecule has 3 aromatic heterocycles. The Morgan fingerprint density at radius 3 is 1.97 bits per heavy atom. The highest BCUT2D eigenvalue weighted by Crippen LogP contribution is 2.34. The van der Waals surface area contributed by atoms with Crippen molar-refractivity contribution in [3.05, 3.63) is 109 Å². The van der Waals surface area contributed by atoms with Crippen molar-refractivity contribution in [1.82, 2.24) is 9.97 Å². The second kappa shape index (κ2) is 7.74. The third kappa shape index (κ3) is 3.42. The molecule has 0 fully saturated rings. The summed E-state index contributed by atoms with van der Waals surface area (Å²) in [5.74, 6) is 0.